The van der Waals surface area contributed by atoms with Gasteiger partial charge in [-0.2, -0.15) is 0 Å². The molecule has 39 valence electrons. The summed E-state index contributed by atoms with van der Waals surface area (Å²) in [5.74, 6) is 0.625. The van der Waals surface area contributed by atoms with Crippen LogP contribution in [0.5, 0.6) is 0 Å². The fourth-order valence-electron chi connectivity index (χ4n) is 0.829. The van der Waals surface area contributed by atoms with Crippen LogP contribution in [0.1, 0.15) is 6.42 Å². The predicted molar refractivity (Wildman–Crippen MR) is 29.8 cm³/mol. The maximum absolute atomic E-state index is 3.58. The van der Waals surface area contributed by atoms with E-state index in [1.165, 1.54) is 6.42 Å². The normalized spacial score (nSPS) is 30.6. The van der Waals surface area contributed by atoms with Crippen molar-refractivity contribution in [2.24, 2.45) is 5.92 Å². The Kier molecular flexibility index (Phi) is 1.47. The second-order valence-electron chi connectivity index (χ2n) is 1.89. The summed E-state index contributed by atoms with van der Waals surface area (Å²) in [4.78, 5) is 0. The van der Waals surface area contributed by atoms with Gasteiger partial charge >= 0.3 is 0 Å². The molecule has 1 saturated heterocycles. The molecular weight excluding hydrogens is 86.1 g/mol. The van der Waals surface area contributed by atoms with Crippen LogP contribution in [0.3, 0.4) is 0 Å². The monoisotopic (exact) mass is 96.1 g/mol. The molecule has 0 aliphatic carbocycles. The van der Waals surface area contributed by atoms with Gasteiger partial charge in [-0.25, -0.2) is 0 Å². The van der Waals surface area contributed by atoms with Gasteiger partial charge in [-0.05, 0) is 25.0 Å². The minimum Gasteiger partial charge on any atom is -0.316 e. The highest BCUT2D eigenvalue weighted by atomic mass is 14.9. The van der Waals surface area contributed by atoms with Gasteiger partial charge in [0.05, 0.1) is 0 Å². The fourth-order valence-corrected chi connectivity index (χ4v) is 0.829. The van der Waals surface area contributed by atoms with E-state index in [0.29, 0.717) is 5.92 Å². The molecule has 1 N–H and O–H groups in total. The summed E-state index contributed by atoms with van der Waals surface area (Å²) < 4.78 is 0. The van der Waals surface area contributed by atoms with Gasteiger partial charge in [0.2, 0.25) is 0 Å². The van der Waals surface area contributed by atoms with Crippen LogP contribution in [0.15, 0.2) is 6.58 Å². The molecule has 1 rings (SSSR count). The summed E-state index contributed by atoms with van der Waals surface area (Å²) in [5, 5.41) is 3.22. The summed E-state index contributed by atoms with van der Waals surface area (Å²) >= 11 is 0. The summed E-state index contributed by atoms with van der Waals surface area (Å²) in [6.45, 7) is 5.81. The van der Waals surface area contributed by atoms with E-state index in [-0.39, 0.29) is 0 Å². The van der Waals surface area contributed by atoms with Crippen molar-refractivity contribution >= 4 is 0 Å². The first-order valence-electron chi connectivity index (χ1n) is 2.67. The minimum atomic E-state index is 0.625. The second-order valence-corrected chi connectivity index (χ2v) is 1.89. The summed E-state index contributed by atoms with van der Waals surface area (Å²) in [5.41, 5.74) is 0. The molecule has 1 unspecified atom stereocenters. The Bertz CT molecular complexity index is 62.6. The molecule has 1 nitrogen and oxygen atoms in total. The Hall–Kier alpha value is -0.300. The van der Waals surface area contributed by atoms with Crippen molar-refractivity contribution in [1.29, 1.82) is 0 Å². The van der Waals surface area contributed by atoms with Gasteiger partial charge in [0, 0.05) is 6.54 Å². The van der Waals surface area contributed by atoms with Crippen LogP contribution in [0, 0.1) is 12.0 Å². The van der Waals surface area contributed by atoms with Crippen LogP contribution in [-0.4, -0.2) is 13.1 Å². The lowest BCUT2D eigenvalue weighted by atomic mass is 10.1. The number of hydrogen-bond acceptors (Lipinski definition) is 1. The van der Waals surface area contributed by atoms with Crippen LogP contribution < -0.4 is 5.32 Å². The van der Waals surface area contributed by atoms with Crippen LogP contribution in [0.4, 0.5) is 0 Å². The highest BCUT2D eigenvalue weighted by Gasteiger charge is 2.08. The van der Waals surface area contributed by atoms with Crippen molar-refractivity contribution < 1.29 is 0 Å². The van der Waals surface area contributed by atoms with E-state index in [0.717, 1.165) is 13.1 Å². The smallest absolute Gasteiger partial charge is 0.00205 e. The third-order valence-electron chi connectivity index (χ3n) is 1.35. The van der Waals surface area contributed by atoms with Crippen molar-refractivity contribution in [3.05, 3.63) is 12.7 Å². The predicted octanol–water partition coefficient (Wildman–Crippen LogP) is 0.585. The summed E-state index contributed by atoms with van der Waals surface area (Å²) in [7, 11) is 0. The van der Waals surface area contributed by atoms with E-state index < -0.39 is 0 Å². The van der Waals surface area contributed by atoms with Crippen molar-refractivity contribution in [2.75, 3.05) is 13.1 Å². The molecule has 0 aromatic rings. The molecule has 0 aromatic heterocycles. The van der Waals surface area contributed by atoms with Gasteiger partial charge in [-0.1, -0.05) is 6.58 Å². The molecule has 1 atom stereocenters. The van der Waals surface area contributed by atoms with E-state index in [9.17, 15) is 0 Å². The zero-order valence-corrected chi connectivity index (χ0v) is 4.41. The fraction of sp³-hybridized carbons (Fsp3) is 0.667. The molecule has 0 aromatic carbocycles. The van der Waals surface area contributed by atoms with Gasteiger partial charge in [0.15, 0.2) is 0 Å². The lowest BCUT2D eigenvalue weighted by molar-refractivity contribution is 0.710. The molecule has 1 fully saturated rings. The Balaban J connectivity index is 2.26. The lowest BCUT2D eigenvalue weighted by Gasteiger charge is -1.92. The van der Waals surface area contributed by atoms with Crippen LogP contribution in [0.25, 0.3) is 0 Å². The number of nitrogens with one attached hydrogen (secondary N) is 1. The summed E-state index contributed by atoms with van der Waals surface area (Å²) in [6.07, 6.45) is 4.18. The minimum absolute atomic E-state index is 0.625. The Morgan fingerprint density at radius 3 is 2.86 bits per heavy atom. The summed E-state index contributed by atoms with van der Waals surface area (Å²) in [6, 6.07) is 0. The van der Waals surface area contributed by atoms with Crippen molar-refractivity contribution in [3.63, 3.8) is 0 Å². The molecular formula is C6H10N. The maximum Gasteiger partial charge on any atom is 0.00205 e. The molecule has 0 saturated carbocycles. The quantitative estimate of drug-likeness (QED) is 0.503. The van der Waals surface area contributed by atoms with E-state index in [2.05, 4.69) is 18.0 Å². The van der Waals surface area contributed by atoms with E-state index >= 15 is 0 Å². The Morgan fingerprint density at radius 1 is 1.71 bits per heavy atom. The second kappa shape index (κ2) is 2.12. The van der Waals surface area contributed by atoms with Gasteiger partial charge in [-0.15, -0.1) is 0 Å². The van der Waals surface area contributed by atoms with Crippen LogP contribution in [-0.2, 0) is 0 Å². The van der Waals surface area contributed by atoms with Crippen LogP contribution >= 0.6 is 0 Å². The maximum atomic E-state index is 3.58. The van der Waals surface area contributed by atoms with E-state index in [1.54, 1.807) is 0 Å². The molecule has 7 heavy (non-hydrogen) atoms. The first-order chi connectivity index (χ1) is 3.43. The van der Waals surface area contributed by atoms with Gasteiger partial charge < -0.3 is 5.32 Å². The molecule has 0 bridgehead atoms. The van der Waals surface area contributed by atoms with Gasteiger partial charge in [0.25, 0.3) is 0 Å². The highest BCUT2D eigenvalue weighted by Crippen LogP contribution is 2.05. The Labute approximate surface area is 44.4 Å². The first kappa shape index (κ1) is 4.85. The molecule has 0 spiro atoms. The van der Waals surface area contributed by atoms with Crippen molar-refractivity contribution in [1.82, 2.24) is 5.32 Å². The standard InChI is InChI=1S/C6H10N/c1-2-6-3-4-7-5-6/h6-7H,1,3-5H2. The van der Waals surface area contributed by atoms with Gasteiger partial charge in [0.1, 0.15) is 0 Å². The molecule has 1 heteroatoms. The van der Waals surface area contributed by atoms with E-state index in [1.807, 2.05) is 0 Å². The SMILES string of the molecule is C=[C]C1CCNC1. The highest BCUT2D eigenvalue weighted by molar-refractivity contribution is 4.78. The lowest BCUT2D eigenvalue weighted by Crippen LogP contribution is -2.07. The third-order valence-corrected chi connectivity index (χ3v) is 1.35. The number of hydrogen-bond donors (Lipinski definition) is 1. The third kappa shape index (κ3) is 1.03. The van der Waals surface area contributed by atoms with E-state index in [4.69, 9.17) is 0 Å². The molecule has 1 aliphatic heterocycles. The van der Waals surface area contributed by atoms with Crippen molar-refractivity contribution in [3.8, 4) is 0 Å². The number of rotatable bonds is 1. The molecule has 0 amide bonds. The first-order valence-corrected chi connectivity index (χ1v) is 2.67. The largest absolute Gasteiger partial charge is 0.316 e. The Morgan fingerprint density at radius 2 is 2.57 bits per heavy atom. The molecule has 1 radical (unpaired) electrons. The zero-order valence-electron chi connectivity index (χ0n) is 4.41. The average molecular weight is 96.2 g/mol. The molecule has 1 aliphatic rings. The topological polar surface area (TPSA) is 12.0 Å². The zero-order chi connectivity index (χ0) is 5.11. The molecule has 1 heterocycles. The van der Waals surface area contributed by atoms with Crippen LogP contribution in [0.2, 0.25) is 0 Å². The average Bonchev–Trinajstić information content (AvgIpc) is 2.14. The van der Waals surface area contributed by atoms with Crippen molar-refractivity contribution in [2.45, 2.75) is 6.42 Å². The van der Waals surface area contributed by atoms with Gasteiger partial charge in [-0.3, -0.25) is 0 Å².